The molecule has 2 aromatic heterocycles. The summed E-state index contributed by atoms with van der Waals surface area (Å²) in [6.07, 6.45) is 3.38. The van der Waals surface area contributed by atoms with Gasteiger partial charge in [-0.25, -0.2) is 9.97 Å². The number of aryl methyl sites for hydroxylation is 1. The maximum Gasteiger partial charge on any atom is 0.145 e. The van der Waals surface area contributed by atoms with Crippen LogP contribution in [0.1, 0.15) is 0 Å². The zero-order valence-corrected chi connectivity index (χ0v) is 6.15. The largest absolute Gasteiger partial charge is 0.383 e. The summed E-state index contributed by atoms with van der Waals surface area (Å²) in [5, 5.41) is 0.912. The van der Waals surface area contributed by atoms with E-state index in [1.807, 2.05) is 23.9 Å². The first-order valence-corrected chi connectivity index (χ1v) is 3.30. The van der Waals surface area contributed by atoms with Crippen LogP contribution in [0.2, 0.25) is 0 Å². The molecule has 0 aliphatic carbocycles. The minimum absolute atomic E-state index is 0.538. The van der Waals surface area contributed by atoms with Crippen molar-refractivity contribution in [3.8, 4) is 0 Å². The quantitative estimate of drug-likeness (QED) is 0.593. The first-order valence-electron chi connectivity index (χ1n) is 3.30. The van der Waals surface area contributed by atoms with Gasteiger partial charge in [0.1, 0.15) is 17.8 Å². The fourth-order valence-corrected chi connectivity index (χ4v) is 1.10. The Balaban J connectivity index is 2.94. The van der Waals surface area contributed by atoms with Gasteiger partial charge in [0.25, 0.3) is 0 Å². The van der Waals surface area contributed by atoms with E-state index in [-0.39, 0.29) is 0 Å². The van der Waals surface area contributed by atoms with Crippen LogP contribution in [-0.4, -0.2) is 14.5 Å². The lowest BCUT2D eigenvalue weighted by atomic mass is 10.4. The Kier molecular flexibility index (Phi) is 1.09. The first kappa shape index (κ1) is 6.15. The lowest BCUT2D eigenvalue weighted by molar-refractivity contribution is 0.944. The van der Waals surface area contributed by atoms with Crippen LogP contribution >= 0.6 is 0 Å². The Morgan fingerprint density at radius 2 is 2.27 bits per heavy atom. The number of nitrogens with two attached hydrogens (primary N) is 1. The topological polar surface area (TPSA) is 56.7 Å². The zero-order chi connectivity index (χ0) is 7.84. The van der Waals surface area contributed by atoms with Crippen LogP contribution in [0.4, 0.5) is 5.82 Å². The van der Waals surface area contributed by atoms with Crippen LogP contribution in [0, 0.1) is 0 Å². The number of hydrogen-bond acceptors (Lipinski definition) is 3. The second kappa shape index (κ2) is 1.95. The molecular formula is C7H8N4. The van der Waals surface area contributed by atoms with Crippen molar-refractivity contribution in [2.24, 2.45) is 7.05 Å². The molecule has 0 fully saturated rings. The van der Waals surface area contributed by atoms with Crippen molar-refractivity contribution in [2.75, 3.05) is 5.73 Å². The first-order chi connectivity index (χ1) is 5.29. The molecule has 0 saturated heterocycles. The van der Waals surface area contributed by atoms with Gasteiger partial charge in [-0.15, -0.1) is 0 Å². The molecule has 0 unspecified atom stereocenters. The number of rotatable bonds is 0. The van der Waals surface area contributed by atoms with Crippen molar-refractivity contribution < 1.29 is 0 Å². The van der Waals surface area contributed by atoms with E-state index in [1.54, 1.807) is 0 Å². The lowest BCUT2D eigenvalue weighted by Crippen LogP contribution is -1.93. The summed E-state index contributed by atoms with van der Waals surface area (Å²) < 4.78 is 1.91. The Labute approximate surface area is 63.7 Å². The molecule has 2 heterocycles. The summed E-state index contributed by atoms with van der Waals surface area (Å²) in [7, 11) is 1.93. The van der Waals surface area contributed by atoms with Gasteiger partial charge in [-0.2, -0.15) is 0 Å². The summed E-state index contributed by atoms with van der Waals surface area (Å²) >= 11 is 0. The van der Waals surface area contributed by atoms with Crippen LogP contribution in [0.3, 0.4) is 0 Å². The van der Waals surface area contributed by atoms with Crippen LogP contribution in [0.15, 0.2) is 18.6 Å². The molecule has 0 aliphatic heterocycles. The molecule has 0 aliphatic rings. The predicted molar refractivity (Wildman–Crippen MR) is 42.9 cm³/mol. The zero-order valence-electron chi connectivity index (χ0n) is 6.15. The van der Waals surface area contributed by atoms with Crippen molar-refractivity contribution in [1.29, 1.82) is 0 Å². The van der Waals surface area contributed by atoms with Crippen LogP contribution in [-0.2, 0) is 7.05 Å². The minimum Gasteiger partial charge on any atom is -0.383 e. The second-order valence-electron chi connectivity index (χ2n) is 2.42. The average Bonchev–Trinajstić information content (AvgIpc) is 2.35. The third-order valence-electron chi connectivity index (χ3n) is 1.69. The molecule has 4 nitrogen and oxygen atoms in total. The van der Waals surface area contributed by atoms with Crippen molar-refractivity contribution in [3.63, 3.8) is 0 Å². The van der Waals surface area contributed by atoms with E-state index in [0.717, 1.165) is 11.0 Å². The molecule has 0 bridgehead atoms. The molecule has 0 aromatic carbocycles. The summed E-state index contributed by atoms with van der Waals surface area (Å²) in [4.78, 5) is 7.95. The highest BCUT2D eigenvalue weighted by atomic mass is 15.0. The van der Waals surface area contributed by atoms with Crippen molar-refractivity contribution in [3.05, 3.63) is 18.6 Å². The van der Waals surface area contributed by atoms with E-state index < -0.39 is 0 Å². The van der Waals surface area contributed by atoms with Crippen LogP contribution < -0.4 is 5.73 Å². The highest BCUT2D eigenvalue weighted by Gasteiger charge is 2.01. The summed E-state index contributed by atoms with van der Waals surface area (Å²) in [5.74, 6) is 0.538. The van der Waals surface area contributed by atoms with E-state index in [2.05, 4.69) is 9.97 Å². The van der Waals surface area contributed by atoms with Gasteiger partial charge in [0.05, 0.1) is 5.39 Å². The maximum atomic E-state index is 5.61. The van der Waals surface area contributed by atoms with Crippen LogP contribution in [0.25, 0.3) is 11.0 Å². The third-order valence-corrected chi connectivity index (χ3v) is 1.69. The van der Waals surface area contributed by atoms with Gasteiger partial charge in [0.2, 0.25) is 0 Å². The molecule has 2 rings (SSSR count). The number of anilines is 1. The molecule has 0 saturated carbocycles. The third kappa shape index (κ3) is 0.756. The van der Waals surface area contributed by atoms with E-state index in [9.17, 15) is 0 Å². The molecular weight excluding hydrogens is 140 g/mol. The summed E-state index contributed by atoms with van der Waals surface area (Å²) in [5.41, 5.74) is 6.48. The number of nitrogen functional groups attached to an aromatic ring is 1. The molecule has 56 valence electrons. The van der Waals surface area contributed by atoms with E-state index in [0.29, 0.717) is 5.82 Å². The number of nitrogens with zero attached hydrogens (tertiary/aromatic N) is 3. The van der Waals surface area contributed by atoms with E-state index in [4.69, 9.17) is 5.73 Å². The van der Waals surface area contributed by atoms with Crippen molar-refractivity contribution in [1.82, 2.24) is 14.5 Å². The molecule has 0 radical (unpaired) electrons. The summed E-state index contributed by atoms with van der Waals surface area (Å²) in [6.45, 7) is 0. The van der Waals surface area contributed by atoms with E-state index >= 15 is 0 Å². The maximum absolute atomic E-state index is 5.61. The number of fused-ring (bicyclic) bond motifs is 1. The smallest absolute Gasteiger partial charge is 0.145 e. The molecule has 0 spiro atoms. The Morgan fingerprint density at radius 1 is 1.45 bits per heavy atom. The predicted octanol–water partition coefficient (Wildman–Crippen LogP) is 0.550. The van der Waals surface area contributed by atoms with Gasteiger partial charge in [-0.3, -0.25) is 0 Å². The standard InChI is InChI=1S/C7H8N4/c1-11-3-2-5-6(8)9-4-10-7(5)11/h2-4H,1H3,(H2,8,9,10). The normalized spacial score (nSPS) is 10.6. The van der Waals surface area contributed by atoms with Crippen LogP contribution in [0.5, 0.6) is 0 Å². The Hall–Kier alpha value is -1.58. The fourth-order valence-electron chi connectivity index (χ4n) is 1.10. The van der Waals surface area contributed by atoms with Gasteiger partial charge < -0.3 is 10.3 Å². The minimum atomic E-state index is 0.538. The monoisotopic (exact) mass is 148 g/mol. The molecule has 2 aromatic rings. The average molecular weight is 148 g/mol. The molecule has 4 heteroatoms. The summed E-state index contributed by atoms with van der Waals surface area (Å²) in [6, 6.07) is 1.91. The van der Waals surface area contributed by atoms with Gasteiger partial charge in [0, 0.05) is 13.2 Å². The van der Waals surface area contributed by atoms with Gasteiger partial charge in [-0.1, -0.05) is 0 Å². The second-order valence-corrected chi connectivity index (χ2v) is 2.42. The van der Waals surface area contributed by atoms with Gasteiger partial charge in [-0.05, 0) is 6.07 Å². The Bertz CT molecular complexity index is 390. The lowest BCUT2D eigenvalue weighted by Gasteiger charge is -1.94. The highest BCUT2D eigenvalue weighted by molar-refractivity contribution is 5.85. The van der Waals surface area contributed by atoms with Gasteiger partial charge >= 0.3 is 0 Å². The molecule has 0 amide bonds. The number of aromatic nitrogens is 3. The highest BCUT2D eigenvalue weighted by Crippen LogP contribution is 2.15. The Morgan fingerprint density at radius 3 is 3.00 bits per heavy atom. The van der Waals surface area contributed by atoms with Gasteiger partial charge in [0.15, 0.2) is 0 Å². The molecule has 0 atom stereocenters. The number of hydrogen-bond donors (Lipinski definition) is 1. The molecule has 2 N–H and O–H groups in total. The van der Waals surface area contributed by atoms with Crippen molar-refractivity contribution >= 4 is 16.9 Å². The molecule has 11 heavy (non-hydrogen) atoms. The van der Waals surface area contributed by atoms with Crippen molar-refractivity contribution in [2.45, 2.75) is 0 Å². The van der Waals surface area contributed by atoms with E-state index in [1.165, 1.54) is 6.33 Å². The fraction of sp³-hybridized carbons (Fsp3) is 0.143. The SMILES string of the molecule is Cn1ccc2c(N)ncnc21.